The summed E-state index contributed by atoms with van der Waals surface area (Å²) in [5.41, 5.74) is 0. The summed E-state index contributed by atoms with van der Waals surface area (Å²) in [5.74, 6) is 1.64. The zero-order valence-corrected chi connectivity index (χ0v) is 10.5. The molecule has 2 unspecified atom stereocenters. The number of ketones is 1. The quantitative estimate of drug-likeness (QED) is 0.579. The number of carbonyl (C=O) groups is 2. The largest absolute Gasteiger partial charge is 0.303 e. The van der Waals surface area contributed by atoms with E-state index in [4.69, 9.17) is 0 Å². The Labute approximate surface area is 93.4 Å². The van der Waals surface area contributed by atoms with Crippen molar-refractivity contribution in [3.63, 3.8) is 0 Å². The van der Waals surface area contributed by atoms with Crippen LogP contribution < -0.4 is 0 Å². The van der Waals surface area contributed by atoms with Gasteiger partial charge in [0.15, 0.2) is 0 Å². The van der Waals surface area contributed by atoms with Crippen LogP contribution in [-0.4, -0.2) is 12.1 Å². The molecule has 0 fully saturated rings. The van der Waals surface area contributed by atoms with Crippen molar-refractivity contribution >= 4 is 12.1 Å². The molecular formula is C13H24O2. The summed E-state index contributed by atoms with van der Waals surface area (Å²) in [7, 11) is 0. The molecule has 2 heteroatoms. The highest BCUT2D eigenvalue weighted by atomic mass is 16.1. The van der Waals surface area contributed by atoms with Crippen LogP contribution in [0.15, 0.2) is 0 Å². The molecule has 0 bridgehead atoms. The Morgan fingerprint density at radius 1 is 1.07 bits per heavy atom. The van der Waals surface area contributed by atoms with Crippen LogP contribution in [0.5, 0.6) is 0 Å². The molecule has 88 valence electrons. The Morgan fingerprint density at radius 2 is 1.60 bits per heavy atom. The minimum atomic E-state index is 0.209. The Kier molecular flexibility index (Phi) is 7.27. The van der Waals surface area contributed by atoms with Crippen LogP contribution in [-0.2, 0) is 9.59 Å². The van der Waals surface area contributed by atoms with E-state index in [-0.39, 0.29) is 5.92 Å². The highest BCUT2D eigenvalue weighted by Gasteiger charge is 2.13. The van der Waals surface area contributed by atoms with Gasteiger partial charge in [-0.25, -0.2) is 0 Å². The molecule has 0 heterocycles. The number of rotatable bonds is 8. The van der Waals surface area contributed by atoms with Crippen molar-refractivity contribution in [3.8, 4) is 0 Å². The number of hydrogen-bond donors (Lipinski definition) is 0. The molecule has 0 aromatic carbocycles. The fraction of sp³-hybridized carbons (Fsp3) is 0.846. The molecule has 0 aromatic heterocycles. The molecule has 0 saturated heterocycles. The molecule has 0 aliphatic rings. The zero-order valence-electron chi connectivity index (χ0n) is 10.5. The third-order valence-corrected chi connectivity index (χ3v) is 2.52. The smallest absolute Gasteiger partial charge is 0.133 e. The van der Waals surface area contributed by atoms with Gasteiger partial charge in [0.05, 0.1) is 0 Å². The molecule has 0 aromatic rings. The van der Waals surface area contributed by atoms with Gasteiger partial charge < -0.3 is 4.79 Å². The second kappa shape index (κ2) is 7.61. The summed E-state index contributed by atoms with van der Waals surface area (Å²) in [6, 6.07) is 0. The molecular weight excluding hydrogens is 188 g/mol. The Balaban J connectivity index is 3.77. The van der Waals surface area contributed by atoms with E-state index >= 15 is 0 Å². The van der Waals surface area contributed by atoms with Crippen LogP contribution in [0.1, 0.15) is 53.4 Å². The maximum absolute atomic E-state index is 11.6. The average Bonchev–Trinajstić information content (AvgIpc) is 2.00. The second-order valence-corrected chi connectivity index (χ2v) is 5.19. The molecule has 0 amide bonds. The predicted octanol–water partition coefficient (Wildman–Crippen LogP) is 3.24. The third kappa shape index (κ3) is 8.34. The van der Waals surface area contributed by atoms with Gasteiger partial charge in [-0.1, -0.05) is 27.7 Å². The van der Waals surface area contributed by atoms with Gasteiger partial charge in [0.2, 0.25) is 0 Å². The summed E-state index contributed by atoms with van der Waals surface area (Å²) < 4.78 is 0. The number of Topliss-reactive ketones (excluding diaryl/α,β-unsaturated/α-hetero) is 1. The van der Waals surface area contributed by atoms with Crippen LogP contribution in [0.25, 0.3) is 0 Å². The SMILES string of the molecule is CC(C)CC(C)CC(=O)CC(C)CC=O. The van der Waals surface area contributed by atoms with E-state index in [0.717, 1.165) is 12.7 Å². The van der Waals surface area contributed by atoms with Crippen LogP contribution >= 0.6 is 0 Å². The first-order chi connectivity index (χ1) is 6.95. The van der Waals surface area contributed by atoms with Gasteiger partial charge in [-0.15, -0.1) is 0 Å². The van der Waals surface area contributed by atoms with Gasteiger partial charge >= 0.3 is 0 Å². The molecule has 0 aliphatic heterocycles. The van der Waals surface area contributed by atoms with E-state index in [2.05, 4.69) is 20.8 Å². The summed E-state index contributed by atoms with van der Waals surface area (Å²) in [4.78, 5) is 21.9. The van der Waals surface area contributed by atoms with E-state index in [1.165, 1.54) is 0 Å². The Hall–Kier alpha value is -0.660. The van der Waals surface area contributed by atoms with Gasteiger partial charge in [0.25, 0.3) is 0 Å². The minimum Gasteiger partial charge on any atom is -0.303 e. The number of aldehydes is 1. The van der Waals surface area contributed by atoms with Crippen molar-refractivity contribution < 1.29 is 9.59 Å². The third-order valence-electron chi connectivity index (χ3n) is 2.52. The van der Waals surface area contributed by atoms with E-state index < -0.39 is 0 Å². The molecule has 2 nitrogen and oxygen atoms in total. The second-order valence-electron chi connectivity index (χ2n) is 5.19. The van der Waals surface area contributed by atoms with Crippen LogP contribution in [0.3, 0.4) is 0 Å². The molecule has 2 atom stereocenters. The molecule has 0 spiro atoms. The van der Waals surface area contributed by atoms with E-state index in [0.29, 0.717) is 36.9 Å². The lowest BCUT2D eigenvalue weighted by molar-refractivity contribution is -0.120. The number of hydrogen-bond acceptors (Lipinski definition) is 2. The first-order valence-electron chi connectivity index (χ1n) is 5.91. The van der Waals surface area contributed by atoms with Gasteiger partial charge in [-0.2, -0.15) is 0 Å². The maximum Gasteiger partial charge on any atom is 0.133 e. The van der Waals surface area contributed by atoms with Gasteiger partial charge in [0.1, 0.15) is 12.1 Å². The lowest BCUT2D eigenvalue weighted by Crippen LogP contribution is -2.11. The predicted molar refractivity (Wildman–Crippen MR) is 62.7 cm³/mol. The van der Waals surface area contributed by atoms with Crippen LogP contribution in [0, 0.1) is 17.8 Å². The lowest BCUT2D eigenvalue weighted by atomic mass is 9.91. The van der Waals surface area contributed by atoms with Crippen molar-refractivity contribution in [2.24, 2.45) is 17.8 Å². The van der Waals surface area contributed by atoms with Crippen molar-refractivity contribution in [2.45, 2.75) is 53.4 Å². The van der Waals surface area contributed by atoms with E-state index in [9.17, 15) is 9.59 Å². The zero-order chi connectivity index (χ0) is 11.8. The maximum atomic E-state index is 11.6. The number of carbonyl (C=O) groups excluding carboxylic acids is 2. The van der Waals surface area contributed by atoms with Crippen molar-refractivity contribution in [3.05, 3.63) is 0 Å². The van der Waals surface area contributed by atoms with E-state index in [1.54, 1.807) is 0 Å². The average molecular weight is 212 g/mol. The standard InChI is InChI=1S/C13H24O2/c1-10(2)7-12(4)9-13(15)8-11(3)5-6-14/h6,10-12H,5,7-9H2,1-4H3. The van der Waals surface area contributed by atoms with Gasteiger partial charge in [-0.05, 0) is 24.2 Å². The molecule has 0 rings (SSSR count). The highest BCUT2D eigenvalue weighted by molar-refractivity contribution is 5.79. The summed E-state index contributed by atoms with van der Waals surface area (Å²) in [6.45, 7) is 8.44. The first-order valence-corrected chi connectivity index (χ1v) is 5.91. The fourth-order valence-corrected chi connectivity index (χ4v) is 2.00. The Morgan fingerprint density at radius 3 is 2.07 bits per heavy atom. The summed E-state index contributed by atoms with van der Waals surface area (Å²) >= 11 is 0. The summed E-state index contributed by atoms with van der Waals surface area (Å²) in [5, 5.41) is 0. The monoisotopic (exact) mass is 212 g/mol. The molecule has 0 aliphatic carbocycles. The van der Waals surface area contributed by atoms with Gasteiger partial charge in [0, 0.05) is 19.3 Å². The lowest BCUT2D eigenvalue weighted by Gasteiger charge is -2.14. The molecule has 15 heavy (non-hydrogen) atoms. The minimum absolute atomic E-state index is 0.209. The van der Waals surface area contributed by atoms with E-state index in [1.807, 2.05) is 6.92 Å². The first kappa shape index (κ1) is 14.3. The van der Waals surface area contributed by atoms with Crippen LogP contribution in [0.4, 0.5) is 0 Å². The highest BCUT2D eigenvalue weighted by Crippen LogP contribution is 2.17. The molecule has 0 N–H and O–H groups in total. The topological polar surface area (TPSA) is 34.1 Å². The molecule has 0 saturated carbocycles. The van der Waals surface area contributed by atoms with Crippen molar-refractivity contribution in [1.29, 1.82) is 0 Å². The van der Waals surface area contributed by atoms with Gasteiger partial charge in [-0.3, -0.25) is 4.79 Å². The normalized spacial score (nSPS) is 15.0. The van der Waals surface area contributed by atoms with Crippen molar-refractivity contribution in [1.82, 2.24) is 0 Å². The Bertz CT molecular complexity index is 197. The fourth-order valence-electron chi connectivity index (χ4n) is 2.00. The summed E-state index contributed by atoms with van der Waals surface area (Å²) in [6.07, 6.45) is 3.73. The van der Waals surface area contributed by atoms with Crippen LogP contribution in [0.2, 0.25) is 0 Å². The molecule has 0 radical (unpaired) electrons. The van der Waals surface area contributed by atoms with Crippen molar-refractivity contribution in [2.75, 3.05) is 0 Å².